The summed E-state index contributed by atoms with van der Waals surface area (Å²) < 4.78 is 7.30. The molecular formula is C24H31N9O2. The van der Waals surface area contributed by atoms with Gasteiger partial charge in [-0.05, 0) is 37.1 Å². The van der Waals surface area contributed by atoms with Crippen LogP contribution >= 0.6 is 0 Å². The molecular weight excluding hydrogens is 446 g/mol. The van der Waals surface area contributed by atoms with Gasteiger partial charge < -0.3 is 31.7 Å². The number of anilines is 4. The Balaban J connectivity index is 1.47. The van der Waals surface area contributed by atoms with E-state index in [9.17, 15) is 4.79 Å². The molecule has 0 unspecified atom stereocenters. The molecule has 0 radical (unpaired) electrons. The van der Waals surface area contributed by atoms with Gasteiger partial charge in [0.15, 0.2) is 11.5 Å². The molecule has 11 heteroatoms. The zero-order chi connectivity index (χ0) is 24.2. The summed E-state index contributed by atoms with van der Waals surface area (Å²) in [7, 11) is 0. The molecule has 3 aromatic rings. The van der Waals surface area contributed by atoms with Crippen LogP contribution in [0.2, 0.25) is 0 Å². The Morgan fingerprint density at radius 3 is 2.66 bits per heavy atom. The van der Waals surface area contributed by atoms with Crippen molar-refractivity contribution in [2.75, 3.05) is 41.8 Å². The van der Waals surface area contributed by atoms with Crippen molar-refractivity contribution in [3.63, 3.8) is 0 Å². The molecule has 2 atom stereocenters. The van der Waals surface area contributed by atoms with Crippen LogP contribution in [0.3, 0.4) is 0 Å². The molecule has 2 aliphatic rings. The van der Waals surface area contributed by atoms with Crippen LogP contribution in [0.25, 0.3) is 5.69 Å². The Bertz CT molecular complexity index is 1160. The lowest BCUT2D eigenvalue weighted by Gasteiger charge is -2.30. The maximum atomic E-state index is 12.1. The lowest BCUT2D eigenvalue weighted by molar-refractivity contribution is 0.0996. The number of ether oxygens (including phenoxy) is 1. The number of hydrogen-bond acceptors (Lipinski definition) is 9. The van der Waals surface area contributed by atoms with Gasteiger partial charge in [-0.15, -0.1) is 0 Å². The summed E-state index contributed by atoms with van der Waals surface area (Å²) in [6.45, 7) is 2.91. The molecule has 2 aromatic heterocycles. The van der Waals surface area contributed by atoms with Crippen LogP contribution in [0, 0.1) is 0 Å². The highest BCUT2D eigenvalue weighted by molar-refractivity contribution is 5.96. The largest absolute Gasteiger partial charge is 0.378 e. The molecule has 1 aliphatic heterocycles. The summed E-state index contributed by atoms with van der Waals surface area (Å²) >= 11 is 0. The standard InChI is InChI=1S/C24H31N9O2/c25-19-4-1-2-5-20(19)30-21-15-27-22(23(26)34)24(31-21)29-16-12-17(32-8-10-35-11-9-32)14-18(13-16)33-7-3-6-28-33/h3,6-7,12-15,19-20H,1-2,4-5,8-11,25H2,(H2,26,34)(H2,29,30,31)/t19-,20+/m0/s1. The van der Waals surface area contributed by atoms with E-state index in [1.54, 1.807) is 10.9 Å². The van der Waals surface area contributed by atoms with Crippen LogP contribution in [0.15, 0.2) is 42.9 Å². The number of amides is 1. The smallest absolute Gasteiger partial charge is 0.271 e. The first-order valence-electron chi connectivity index (χ1n) is 12.0. The van der Waals surface area contributed by atoms with Gasteiger partial charge in [0.2, 0.25) is 0 Å². The number of nitrogens with two attached hydrogens (primary N) is 2. The maximum absolute atomic E-state index is 12.1. The summed E-state index contributed by atoms with van der Waals surface area (Å²) in [4.78, 5) is 23.3. The molecule has 6 N–H and O–H groups in total. The first-order chi connectivity index (χ1) is 17.1. The Kier molecular flexibility index (Phi) is 6.77. The van der Waals surface area contributed by atoms with Gasteiger partial charge in [-0.3, -0.25) is 4.79 Å². The quantitative estimate of drug-likeness (QED) is 0.401. The van der Waals surface area contributed by atoms with E-state index >= 15 is 0 Å². The normalized spacial score (nSPS) is 20.4. The fourth-order valence-electron chi connectivity index (χ4n) is 4.62. The van der Waals surface area contributed by atoms with Gasteiger partial charge in [0.05, 0.1) is 25.1 Å². The molecule has 3 heterocycles. The molecule has 1 aromatic carbocycles. The molecule has 0 bridgehead atoms. The van der Waals surface area contributed by atoms with Gasteiger partial charge >= 0.3 is 0 Å². The molecule has 11 nitrogen and oxygen atoms in total. The second-order valence-electron chi connectivity index (χ2n) is 8.93. The summed E-state index contributed by atoms with van der Waals surface area (Å²) in [5, 5.41) is 11.0. The third kappa shape index (κ3) is 5.36. The number of hydrogen-bond donors (Lipinski definition) is 4. The Labute approximate surface area is 203 Å². The van der Waals surface area contributed by atoms with Crippen molar-refractivity contribution in [2.24, 2.45) is 11.5 Å². The molecule has 35 heavy (non-hydrogen) atoms. The summed E-state index contributed by atoms with van der Waals surface area (Å²) in [6.07, 6.45) is 9.35. The van der Waals surface area contributed by atoms with Gasteiger partial charge in [0.25, 0.3) is 5.91 Å². The molecule has 5 rings (SSSR count). The first kappa shape index (κ1) is 23.1. The molecule has 1 amide bonds. The number of morpholine rings is 1. The predicted octanol–water partition coefficient (Wildman–Crippen LogP) is 2.02. The van der Waals surface area contributed by atoms with Crippen molar-refractivity contribution >= 4 is 28.9 Å². The van der Waals surface area contributed by atoms with Crippen LogP contribution in [0.1, 0.15) is 36.2 Å². The van der Waals surface area contributed by atoms with Crippen molar-refractivity contribution in [1.29, 1.82) is 0 Å². The van der Waals surface area contributed by atoms with Crippen LogP contribution < -0.4 is 27.0 Å². The lowest BCUT2D eigenvalue weighted by atomic mass is 9.91. The fraction of sp³-hybridized carbons (Fsp3) is 0.417. The number of carbonyl (C=O) groups is 1. The van der Waals surface area contributed by atoms with E-state index in [1.807, 2.05) is 24.4 Å². The van der Waals surface area contributed by atoms with Gasteiger partial charge in [0.1, 0.15) is 5.82 Å². The highest BCUT2D eigenvalue weighted by Gasteiger charge is 2.23. The average Bonchev–Trinajstić information content (AvgIpc) is 3.41. The van der Waals surface area contributed by atoms with Crippen molar-refractivity contribution in [1.82, 2.24) is 19.7 Å². The van der Waals surface area contributed by atoms with E-state index in [2.05, 4.69) is 36.7 Å². The predicted molar refractivity (Wildman–Crippen MR) is 134 cm³/mol. The summed E-state index contributed by atoms with van der Waals surface area (Å²) in [5.41, 5.74) is 14.6. The van der Waals surface area contributed by atoms with Crippen LogP contribution in [-0.4, -0.2) is 64.0 Å². The molecule has 184 valence electrons. The third-order valence-corrected chi connectivity index (χ3v) is 6.47. The third-order valence-electron chi connectivity index (χ3n) is 6.47. The zero-order valence-corrected chi connectivity index (χ0v) is 19.6. The van der Waals surface area contributed by atoms with Crippen molar-refractivity contribution < 1.29 is 9.53 Å². The number of primary amides is 1. The van der Waals surface area contributed by atoms with Crippen LogP contribution in [-0.2, 0) is 4.74 Å². The van der Waals surface area contributed by atoms with Crippen LogP contribution in [0.4, 0.5) is 23.0 Å². The number of rotatable bonds is 7. The fourth-order valence-corrected chi connectivity index (χ4v) is 4.62. The van der Waals surface area contributed by atoms with Gasteiger partial charge in [-0.25, -0.2) is 14.6 Å². The monoisotopic (exact) mass is 477 g/mol. The molecule has 1 saturated carbocycles. The van der Waals surface area contributed by atoms with E-state index < -0.39 is 5.91 Å². The first-order valence-corrected chi connectivity index (χ1v) is 12.0. The van der Waals surface area contributed by atoms with Gasteiger partial charge in [-0.1, -0.05) is 12.8 Å². The minimum absolute atomic E-state index is 0.0552. The SMILES string of the molecule is NC(=O)c1ncc(N[C@@H]2CCCC[C@@H]2N)nc1Nc1cc(N2CCOCC2)cc(-n2cccn2)c1. The number of aromatic nitrogens is 4. The molecule has 2 fully saturated rings. The lowest BCUT2D eigenvalue weighted by Crippen LogP contribution is -2.42. The number of benzene rings is 1. The van der Waals surface area contributed by atoms with Gasteiger partial charge in [0, 0.05) is 48.9 Å². The number of carbonyl (C=O) groups excluding carboxylic acids is 1. The molecule has 1 aliphatic carbocycles. The van der Waals surface area contributed by atoms with E-state index in [1.165, 1.54) is 6.20 Å². The number of nitrogens with zero attached hydrogens (tertiary/aromatic N) is 5. The van der Waals surface area contributed by atoms with E-state index in [-0.39, 0.29) is 23.6 Å². The molecule has 1 saturated heterocycles. The number of nitrogens with one attached hydrogen (secondary N) is 2. The topological polar surface area (TPSA) is 149 Å². The average molecular weight is 478 g/mol. The minimum Gasteiger partial charge on any atom is -0.378 e. The Morgan fingerprint density at radius 2 is 1.91 bits per heavy atom. The van der Waals surface area contributed by atoms with E-state index in [4.69, 9.17) is 16.2 Å². The van der Waals surface area contributed by atoms with E-state index in [0.717, 1.165) is 55.8 Å². The summed E-state index contributed by atoms with van der Waals surface area (Å²) in [5.74, 6) is 0.187. The minimum atomic E-state index is -0.655. The van der Waals surface area contributed by atoms with Gasteiger partial charge in [-0.2, -0.15) is 5.10 Å². The van der Waals surface area contributed by atoms with Crippen molar-refractivity contribution in [3.05, 3.63) is 48.5 Å². The van der Waals surface area contributed by atoms with Crippen molar-refractivity contribution in [2.45, 2.75) is 37.8 Å². The summed E-state index contributed by atoms with van der Waals surface area (Å²) in [6, 6.07) is 8.08. The molecule has 0 spiro atoms. The highest BCUT2D eigenvalue weighted by Crippen LogP contribution is 2.29. The highest BCUT2D eigenvalue weighted by atomic mass is 16.5. The van der Waals surface area contributed by atoms with Crippen LogP contribution in [0.5, 0.6) is 0 Å². The Morgan fingerprint density at radius 1 is 1.11 bits per heavy atom. The second kappa shape index (κ2) is 10.3. The van der Waals surface area contributed by atoms with Crippen molar-refractivity contribution in [3.8, 4) is 5.69 Å². The second-order valence-corrected chi connectivity index (χ2v) is 8.93. The van der Waals surface area contributed by atoms with E-state index in [0.29, 0.717) is 19.0 Å². The Hall–Kier alpha value is -3.70. The maximum Gasteiger partial charge on any atom is 0.271 e. The zero-order valence-electron chi connectivity index (χ0n) is 19.6.